The zero-order valence-corrected chi connectivity index (χ0v) is 26.1. The highest BCUT2D eigenvalue weighted by molar-refractivity contribution is 5.99. The van der Waals surface area contributed by atoms with Crippen molar-refractivity contribution in [2.75, 3.05) is 5.32 Å². The first-order valence-electron chi connectivity index (χ1n) is 15.5. The van der Waals surface area contributed by atoms with Crippen molar-refractivity contribution in [2.45, 2.75) is 70.8 Å². The lowest BCUT2D eigenvalue weighted by atomic mass is 10.0. The summed E-state index contributed by atoms with van der Waals surface area (Å²) >= 11 is 0. The van der Waals surface area contributed by atoms with E-state index in [0.717, 1.165) is 44.1 Å². The van der Waals surface area contributed by atoms with Crippen LogP contribution in [-0.4, -0.2) is 34.0 Å². The maximum absolute atomic E-state index is 13.1. The fourth-order valence-electron chi connectivity index (χ4n) is 4.19. The average molecular weight is 611 g/mol. The molecule has 2 aromatic rings. The minimum Gasteiger partial charge on any atom is -0.507 e. The Kier molecular flexibility index (Phi) is 18.2. The monoisotopic (exact) mass is 610 g/mol. The number of hydrogen-bond acceptors (Lipinski definition) is 4. The second-order valence-corrected chi connectivity index (χ2v) is 10.3. The molecular formula is C38H46N2O5. The Morgan fingerprint density at radius 3 is 1.80 bits per heavy atom. The molecule has 7 heteroatoms. The molecule has 0 saturated heterocycles. The number of carboxylic acid groups (broad SMARTS) is 1. The summed E-state index contributed by atoms with van der Waals surface area (Å²) in [7, 11) is 0. The summed E-state index contributed by atoms with van der Waals surface area (Å²) < 4.78 is 0. The molecule has 0 aliphatic rings. The van der Waals surface area contributed by atoms with Crippen LogP contribution in [0.3, 0.4) is 0 Å². The number of amides is 2. The summed E-state index contributed by atoms with van der Waals surface area (Å²) in [4.78, 5) is 37.1. The number of aromatic hydroxyl groups is 1. The van der Waals surface area contributed by atoms with Crippen molar-refractivity contribution in [1.29, 1.82) is 0 Å². The Hall–Kier alpha value is -4.91. The molecule has 4 N–H and O–H groups in total. The number of carboxylic acids is 1. The molecule has 238 valence electrons. The van der Waals surface area contributed by atoms with E-state index in [9.17, 15) is 24.6 Å². The molecule has 1 unspecified atom stereocenters. The molecule has 0 heterocycles. The van der Waals surface area contributed by atoms with Gasteiger partial charge in [0.25, 0.3) is 0 Å². The molecule has 2 amide bonds. The number of allylic oxidation sites excluding steroid dienone is 12. The lowest BCUT2D eigenvalue weighted by molar-refractivity contribution is -0.126. The highest BCUT2D eigenvalue weighted by Crippen LogP contribution is 2.21. The molecule has 0 aliphatic carbocycles. The average Bonchev–Trinajstić information content (AvgIpc) is 3.03. The SMILES string of the molecule is CCC=CCC=CCC=CCC=CCC=CCC=CCCC(=O)NC(Cc1ccccc1)C(=O)Nc1ccc(O)c(C(=O)O)c1. The summed E-state index contributed by atoms with van der Waals surface area (Å²) in [6.45, 7) is 2.14. The first kappa shape index (κ1) is 36.3. The normalized spacial score (nSPS) is 12.7. The van der Waals surface area contributed by atoms with Crippen molar-refractivity contribution in [1.82, 2.24) is 5.32 Å². The van der Waals surface area contributed by atoms with Gasteiger partial charge in [-0.25, -0.2) is 4.79 Å². The van der Waals surface area contributed by atoms with Crippen LogP contribution in [0.15, 0.2) is 121 Å². The molecule has 0 spiro atoms. The summed E-state index contributed by atoms with van der Waals surface area (Å²) in [6, 6.07) is 12.2. The quantitative estimate of drug-likeness (QED) is 0.0890. The second-order valence-electron chi connectivity index (χ2n) is 10.3. The molecular weight excluding hydrogens is 564 g/mol. The van der Waals surface area contributed by atoms with Crippen molar-refractivity contribution in [3.8, 4) is 5.75 Å². The van der Waals surface area contributed by atoms with Crippen molar-refractivity contribution >= 4 is 23.5 Å². The van der Waals surface area contributed by atoms with E-state index in [2.05, 4.69) is 78.3 Å². The lowest BCUT2D eigenvalue weighted by Gasteiger charge is -2.19. The first-order valence-corrected chi connectivity index (χ1v) is 15.5. The minimum absolute atomic E-state index is 0.209. The molecule has 0 bridgehead atoms. The van der Waals surface area contributed by atoms with Gasteiger partial charge in [0, 0.05) is 18.5 Å². The van der Waals surface area contributed by atoms with Gasteiger partial charge in [0.15, 0.2) is 0 Å². The van der Waals surface area contributed by atoms with Gasteiger partial charge in [-0.2, -0.15) is 0 Å². The Labute approximate surface area is 267 Å². The van der Waals surface area contributed by atoms with Crippen molar-refractivity contribution in [3.05, 3.63) is 133 Å². The van der Waals surface area contributed by atoms with Gasteiger partial charge in [0.2, 0.25) is 11.8 Å². The van der Waals surface area contributed by atoms with Gasteiger partial charge in [0.1, 0.15) is 17.4 Å². The van der Waals surface area contributed by atoms with E-state index < -0.39 is 23.7 Å². The van der Waals surface area contributed by atoms with Crippen LogP contribution in [0.2, 0.25) is 0 Å². The fourth-order valence-corrected chi connectivity index (χ4v) is 4.19. The van der Waals surface area contributed by atoms with E-state index in [4.69, 9.17) is 0 Å². The number of nitrogens with one attached hydrogen (secondary N) is 2. The third-order valence-corrected chi connectivity index (χ3v) is 6.56. The van der Waals surface area contributed by atoms with Gasteiger partial charge in [-0.05, 0) is 68.7 Å². The topological polar surface area (TPSA) is 116 Å². The van der Waals surface area contributed by atoms with Gasteiger partial charge in [-0.1, -0.05) is 110 Å². The highest BCUT2D eigenvalue weighted by Gasteiger charge is 2.22. The molecule has 7 nitrogen and oxygen atoms in total. The fraction of sp³-hybridized carbons (Fsp3) is 0.289. The van der Waals surface area contributed by atoms with Crippen LogP contribution in [0, 0.1) is 0 Å². The standard InChI is InChI=1S/C38H46N2O5/c1-2-3-4-5-6-7-8-9-10-11-12-13-14-15-16-17-18-19-23-26-36(42)40-34(29-31-24-21-20-22-25-31)37(43)39-32-27-28-35(41)33(30-32)38(44)45/h3-4,6-7,9-10,12-13,15-16,18-22,24-25,27-28,30,34,41H,2,5,8,11,14,17,23,26,29H2,1H3,(H,39,43)(H,40,42)(H,44,45). The van der Waals surface area contributed by atoms with Gasteiger partial charge >= 0.3 is 5.97 Å². The van der Waals surface area contributed by atoms with Gasteiger partial charge < -0.3 is 20.8 Å². The van der Waals surface area contributed by atoms with Gasteiger partial charge in [0.05, 0.1) is 0 Å². The summed E-state index contributed by atoms with van der Waals surface area (Å²) in [5, 5.41) is 24.5. The van der Waals surface area contributed by atoms with E-state index in [1.54, 1.807) is 0 Å². The molecule has 0 aromatic heterocycles. The van der Waals surface area contributed by atoms with Crippen LogP contribution in [0.1, 0.15) is 74.2 Å². The van der Waals surface area contributed by atoms with Crippen LogP contribution in [0.4, 0.5) is 5.69 Å². The molecule has 0 saturated carbocycles. The molecule has 1 atom stereocenters. The number of anilines is 1. The first-order chi connectivity index (χ1) is 21.9. The van der Waals surface area contributed by atoms with Crippen LogP contribution < -0.4 is 10.6 Å². The summed E-state index contributed by atoms with van der Waals surface area (Å²) in [5.74, 6) is -2.46. The van der Waals surface area contributed by atoms with E-state index in [1.165, 1.54) is 18.2 Å². The van der Waals surface area contributed by atoms with Crippen molar-refractivity contribution in [2.24, 2.45) is 0 Å². The van der Waals surface area contributed by atoms with Crippen molar-refractivity contribution < 1.29 is 24.6 Å². The molecule has 0 fully saturated rings. The predicted molar refractivity (Wildman–Crippen MR) is 183 cm³/mol. The zero-order valence-electron chi connectivity index (χ0n) is 26.1. The maximum atomic E-state index is 13.1. The van der Waals surface area contributed by atoms with Gasteiger partial charge in [-0.3, -0.25) is 9.59 Å². The Morgan fingerprint density at radius 1 is 0.733 bits per heavy atom. The van der Waals surface area contributed by atoms with Crippen LogP contribution in [-0.2, 0) is 16.0 Å². The van der Waals surface area contributed by atoms with Crippen molar-refractivity contribution in [3.63, 3.8) is 0 Å². The summed E-state index contributed by atoms with van der Waals surface area (Å²) in [6.07, 6.45) is 32.2. The molecule has 2 rings (SSSR count). The minimum atomic E-state index is -1.31. The molecule has 0 aliphatic heterocycles. The van der Waals surface area contributed by atoms with E-state index in [0.29, 0.717) is 6.42 Å². The highest BCUT2D eigenvalue weighted by atomic mass is 16.4. The summed E-state index contributed by atoms with van der Waals surface area (Å²) in [5.41, 5.74) is 0.750. The van der Waals surface area contributed by atoms with E-state index in [1.807, 2.05) is 42.5 Å². The number of carbonyl (C=O) groups is 3. The number of benzene rings is 2. The zero-order chi connectivity index (χ0) is 32.5. The van der Waals surface area contributed by atoms with Crippen LogP contribution in [0.25, 0.3) is 0 Å². The number of aromatic carboxylic acids is 1. The lowest BCUT2D eigenvalue weighted by Crippen LogP contribution is -2.45. The Balaban J connectivity index is 1.73. The van der Waals surface area contributed by atoms with Crippen LogP contribution in [0.5, 0.6) is 5.75 Å². The van der Waals surface area contributed by atoms with E-state index >= 15 is 0 Å². The number of phenols is 1. The predicted octanol–water partition coefficient (Wildman–Crippen LogP) is 8.23. The largest absolute Gasteiger partial charge is 0.507 e. The molecule has 2 aromatic carbocycles. The second kappa shape index (κ2) is 22.6. The Morgan fingerprint density at radius 2 is 1.27 bits per heavy atom. The smallest absolute Gasteiger partial charge is 0.339 e. The Bertz CT molecular complexity index is 1370. The molecule has 0 radical (unpaired) electrons. The van der Waals surface area contributed by atoms with E-state index in [-0.39, 0.29) is 30.0 Å². The molecule has 45 heavy (non-hydrogen) atoms. The number of hydrogen-bond donors (Lipinski definition) is 4. The van der Waals surface area contributed by atoms with Crippen LogP contribution >= 0.6 is 0 Å². The number of rotatable bonds is 20. The maximum Gasteiger partial charge on any atom is 0.339 e. The van der Waals surface area contributed by atoms with Gasteiger partial charge in [-0.15, -0.1) is 0 Å². The third kappa shape index (κ3) is 16.5. The third-order valence-electron chi connectivity index (χ3n) is 6.56. The number of carbonyl (C=O) groups excluding carboxylic acids is 2.